The smallest absolute Gasteiger partial charge is 0.136 e. The molecule has 6 nitrogen and oxygen atoms in total. The summed E-state index contributed by atoms with van der Waals surface area (Å²) in [5.74, 6) is 1.34. The van der Waals surface area contributed by atoms with Gasteiger partial charge in [-0.15, -0.1) is 0 Å². The van der Waals surface area contributed by atoms with E-state index in [0.717, 1.165) is 22.6 Å². The van der Waals surface area contributed by atoms with Crippen LogP contribution in [-0.2, 0) is 0 Å². The Labute approximate surface area is 169 Å². The number of aliphatic hydroxyl groups excluding tert-OH is 1. The minimum absolute atomic E-state index is 0.184. The molecule has 1 aromatic carbocycles. The number of anilines is 3. The summed E-state index contributed by atoms with van der Waals surface area (Å²) >= 11 is 0. The second-order valence-corrected chi connectivity index (χ2v) is 6.40. The van der Waals surface area contributed by atoms with Crippen LogP contribution in [0.3, 0.4) is 0 Å². The van der Waals surface area contributed by atoms with Gasteiger partial charge in [0.2, 0.25) is 0 Å². The summed E-state index contributed by atoms with van der Waals surface area (Å²) < 4.78 is 0. The molecule has 0 saturated carbocycles. The van der Waals surface area contributed by atoms with E-state index in [1.807, 2.05) is 73.1 Å². The molecule has 0 spiro atoms. The summed E-state index contributed by atoms with van der Waals surface area (Å²) in [5, 5.41) is 12.1. The Kier molecular flexibility index (Phi) is 5.73. The van der Waals surface area contributed by atoms with Crippen molar-refractivity contribution in [2.24, 2.45) is 0 Å². The Balaban J connectivity index is 1.91. The Morgan fingerprint density at radius 3 is 2.07 bits per heavy atom. The Morgan fingerprint density at radius 1 is 0.793 bits per heavy atom. The molecule has 0 radical (unpaired) electrons. The average molecular weight is 383 g/mol. The molecule has 0 fully saturated rings. The fraction of sp³-hybridized carbons (Fsp3) is 0.0870. The van der Waals surface area contributed by atoms with Crippen molar-refractivity contribution in [3.8, 4) is 0 Å². The van der Waals surface area contributed by atoms with Crippen LogP contribution in [0.15, 0.2) is 97.6 Å². The van der Waals surface area contributed by atoms with Gasteiger partial charge >= 0.3 is 0 Å². The number of nitrogens with zero attached hydrogens (tertiary/aromatic N) is 4. The monoisotopic (exact) mass is 383 g/mol. The minimum Gasteiger partial charge on any atom is -0.377 e. The molecule has 0 aliphatic carbocycles. The van der Waals surface area contributed by atoms with E-state index in [1.165, 1.54) is 0 Å². The number of rotatable bonds is 7. The van der Waals surface area contributed by atoms with Crippen molar-refractivity contribution in [2.75, 3.05) is 16.9 Å². The van der Waals surface area contributed by atoms with Crippen molar-refractivity contribution < 1.29 is 5.11 Å². The lowest BCUT2D eigenvalue weighted by Gasteiger charge is -2.33. The fourth-order valence-corrected chi connectivity index (χ4v) is 3.31. The summed E-state index contributed by atoms with van der Waals surface area (Å²) in [5.41, 5.74) is 3.03. The van der Waals surface area contributed by atoms with Gasteiger partial charge in [-0.05, 0) is 47.5 Å². The minimum atomic E-state index is -0.184. The van der Waals surface area contributed by atoms with Gasteiger partial charge in [0.1, 0.15) is 18.4 Å². The van der Waals surface area contributed by atoms with Crippen LogP contribution in [0.4, 0.5) is 17.3 Å². The first-order chi connectivity index (χ1) is 14.4. The number of pyridine rings is 3. The van der Waals surface area contributed by atoms with Crippen LogP contribution < -0.4 is 10.2 Å². The molecule has 6 heteroatoms. The summed E-state index contributed by atoms with van der Waals surface area (Å²) in [6, 6.07) is 23.6. The van der Waals surface area contributed by atoms with E-state index in [2.05, 4.69) is 32.3 Å². The number of para-hydroxylation sites is 1. The average Bonchev–Trinajstić information content (AvgIpc) is 2.79. The van der Waals surface area contributed by atoms with E-state index in [9.17, 15) is 5.11 Å². The third kappa shape index (κ3) is 4.23. The van der Waals surface area contributed by atoms with Crippen molar-refractivity contribution in [2.45, 2.75) is 6.04 Å². The molecule has 29 heavy (non-hydrogen) atoms. The van der Waals surface area contributed by atoms with Crippen LogP contribution in [0.25, 0.3) is 0 Å². The first-order valence-electron chi connectivity index (χ1n) is 9.33. The van der Waals surface area contributed by atoms with E-state index in [0.29, 0.717) is 5.82 Å². The zero-order valence-electron chi connectivity index (χ0n) is 15.8. The van der Waals surface area contributed by atoms with Gasteiger partial charge in [0.15, 0.2) is 0 Å². The lowest BCUT2D eigenvalue weighted by Crippen LogP contribution is -2.26. The third-order valence-electron chi connectivity index (χ3n) is 4.53. The second kappa shape index (κ2) is 8.95. The maximum absolute atomic E-state index is 9.25. The molecule has 0 atom stereocenters. The largest absolute Gasteiger partial charge is 0.377 e. The maximum Gasteiger partial charge on any atom is 0.136 e. The summed E-state index contributed by atoms with van der Waals surface area (Å²) in [6.07, 6.45) is 7.26. The number of aliphatic hydroxyl groups is 1. The van der Waals surface area contributed by atoms with Crippen LogP contribution in [0, 0.1) is 0 Å². The molecule has 0 saturated heterocycles. The highest BCUT2D eigenvalue weighted by Crippen LogP contribution is 2.38. The lowest BCUT2D eigenvalue weighted by atomic mass is 9.99. The van der Waals surface area contributed by atoms with Crippen molar-refractivity contribution >= 4 is 17.3 Å². The van der Waals surface area contributed by atoms with Crippen LogP contribution in [0.1, 0.15) is 17.2 Å². The first-order valence-corrected chi connectivity index (χ1v) is 9.33. The highest BCUT2D eigenvalue weighted by Gasteiger charge is 2.26. The highest BCUT2D eigenvalue weighted by atomic mass is 16.3. The van der Waals surface area contributed by atoms with E-state index < -0.39 is 0 Å². The number of hydrogen-bond acceptors (Lipinski definition) is 6. The number of aromatic nitrogens is 3. The highest BCUT2D eigenvalue weighted by molar-refractivity contribution is 5.65. The van der Waals surface area contributed by atoms with Crippen LogP contribution in [-0.4, -0.2) is 26.8 Å². The van der Waals surface area contributed by atoms with Crippen molar-refractivity contribution in [3.05, 3.63) is 109 Å². The number of benzene rings is 1. The number of hydrogen-bond donors (Lipinski definition) is 2. The standard InChI is InChI=1S/C23H21N5O/c29-17-26-21-11-4-12-22(27-21)28(20-9-2-1-3-10-20)23(18-7-5-13-24-15-18)19-8-6-14-25-16-19/h1-16,23,29H,17H2,(H,26,27). The van der Waals surface area contributed by atoms with Crippen molar-refractivity contribution in [1.82, 2.24) is 15.0 Å². The molecular weight excluding hydrogens is 362 g/mol. The van der Waals surface area contributed by atoms with Gasteiger partial charge in [0.25, 0.3) is 0 Å². The normalized spacial score (nSPS) is 10.7. The van der Waals surface area contributed by atoms with E-state index in [1.54, 1.807) is 12.4 Å². The third-order valence-corrected chi connectivity index (χ3v) is 4.53. The van der Waals surface area contributed by atoms with Crippen LogP contribution in [0.5, 0.6) is 0 Å². The van der Waals surface area contributed by atoms with Gasteiger partial charge in [-0.1, -0.05) is 36.4 Å². The van der Waals surface area contributed by atoms with Crippen LogP contribution >= 0.6 is 0 Å². The lowest BCUT2D eigenvalue weighted by molar-refractivity contribution is 0.325. The summed E-state index contributed by atoms with van der Waals surface area (Å²) in [7, 11) is 0. The molecule has 2 N–H and O–H groups in total. The molecule has 0 unspecified atom stereocenters. The Bertz CT molecular complexity index is 989. The fourth-order valence-electron chi connectivity index (χ4n) is 3.31. The molecule has 4 aromatic rings. The predicted molar refractivity (Wildman–Crippen MR) is 114 cm³/mol. The second-order valence-electron chi connectivity index (χ2n) is 6.40. The van der Waals surface area contributed by atoms with Gasteiger partial charge in [0, 0.05) is 30.5 Å². The molecule has 3 aromatic heterocycles. The number of nitrogens with one attached hydrogen (secondary N) is 1. The molecule has 0 aliphatic heterocycles. The van der Waals surface area contributed by atoms with Crippen molar-refractivity contribution in [1.29, 1.82) is 0 Å². The van der Waals surface area contributed by atoms with E-state index in [4.69, 9.17) is 4.98 Å². The summed E-state index contributed by atoms with van der Waals surface area (Å²) in [4.78, 5) is 15.5. The molecule has 3 heterocycles. The zero-order valence-corrected chi connectivity index (χ0v) is 15.8. The SMILES string of the molecule is OCNc1cccc(N(c2ccccc2)C(c2cccnc2)c2cccnc2)n1. The Morgan fingerprint density at radius 2 is 1.48 bits per heavy atom. The van der Waals surface area contributed by atoms with E-state index in [-0.39, 0.29) is 12.8 Å². The predicted octanol–water partition coefficient (Wildman–Crippen LogP) is 4.16. The first kappa shape index (κ1) is 18.6. The molecule has 144 valence electrons. The zero-order chi connectivity index (χ0) is 19.9. The quantitative estimate of drug-likeness (QED) is 0.467. The molecular formula is C23H21N5O. The van der Waals surface area contributed by atoms with Gasteiger partial charge < -0.3 is 15.3 Å². The van der Waals surface area contributed by atoms with Crippen LogP contribution in [0.2, 0.25) is 0 Å². The molecule has 0 amide bonds. The van der Waals surface area contributed by atoms with E-state index >= 15 is 0 Å². The molecule has 4 rings (SSSR count). The van der Waals surface area contributed by atoms with Crippen molar-refractivity contribution in [3.63, 3.8) is 0 Å². The maximum atomic E-state index is 9.25. The van der Waals surface area contributed by atoms with Gasteiger partial charge in [-0.2, -0.15) is 0 Å². The summed E-state index contributed by atoms with van der Waals surface area (Å²) in [6.45, 7) is -0.184. The molecule has 0 aliphatic rings. The van der Waals surface area contributed by atoms with Gasteiger partial charge in [-0.25, -0.2) is 4.98 Å². The topological polar surface area (TPSA) is 74.2 Å². The van der Waals surface area contributed by atoms with Gasteiger partial charge in [0.05, 0.1) is 6.04 Å². The molecule has 0 bridgehead atoms. The Hall–Kier alpha value is -3.77. The van der Waals surface area contributed by atoms with Gasteiger partial charge in [-0.3, -0.25) is 9.97 Å².